The second-order valence-electron chi connectivity index (χ2n) is 15.7. The standard InChI is InChI=1S/C55H47N5/c1-36-31-38(3)51(39(4)32-36)60(52-40(5)33-37(2)34-41(52)6)47-27-18-26-46(35-47)59(45-24-14-9-15-25-45)55-57-53(44-22-12-8-13-23-44)56-54(58-55)49-30-29-42-19-16-17-28-48(42)50(49)43-20-10-7-11-21-43/h7-35H,1-6H3. The van der Waals surface area contributed by atoms with E-state index < -0.39 is 0 Å². The van der Waals surface area contributed by atoms with Crippen LogP contribution in [0.3, 0.4) is 0 Å². The van der Waals surface area contributed by atoms with Crippen LogP contribution in [0, 0.1) is 41.5 Å². The second kappa shape index (κ2) is 16.1. The smallest absolute Gasteiger partial charge is 0.238 e. The molecule has 0 amide bonds. The minimum Gasteiger partial charge on any atom is -0.309 e. The molecule has 0 saturated heterocycles. The molecule has 1 aromatic heterocycles. The van der Waals surface area contributed by atoms with Gasteiger partial charge < -0.3 is 4.90 Å². The first-order chi connectivity index (χ1) is 29.2. The van der Waals surface area contributed by atoms with Crippen LogP contribution >= 0.6 is 0 Å². The van der Waals surface area contributed by atoms with Crippen LogP contribution in [0.25, 0.3) is 44.7 Å². The third-order valence-electron chi connectivity index (χ3n) is 11.2. The molecule has 0 aliphatic carbocycles. The number of rotatable bonds is 9. The predicted octanol–water partition coefficient (Wildman–Crippen LogP) is 14.8. The van der Waals surface area contributed by atoms with Gasteiger partial charge in [0.2, 0.25) is 5.95 Å². The van der Waals surface area contributed by atoms with E-state index >= 15 is 0 Å². The summed E-state index contributed by atoms with van der Waals surface area (Å²) in [7, 11) is 0. The minimum atomic E-state index is 0.520. The van der Waals surface area contributed by atoms with Crippen molar-refractivity contribution in [3.8, 4) is 33.9 Å². The summed E-state index contributed by atoms with van der Waals surface area (Å²) >= 11 is 0. The van der Waals surface area contributed by atoms with E-state index in [9.17, 15) is 0 Å². The number of anilines is 6. The lowest BCUT2D eigenvalue weighted by molar-refractivity contribution is 1.02. The summed E-state index contributed by atoms with van der Waals surface area (Å²) in [5.41, 5.74) is 16.7. The van der Waals surface area contributed by atoms with Gasteiger partial charge in [0, 0.05) is 28.1 Å². The largest absolute Gasteiger partial charge is 0.309 e. The van der Waals surface area contributed by atoms with E-state index in [4.69, 9.17) is 15.0 Å². The van der Waals surface area contributed by atoms with Crippen LogP contribution < -0.4 is 9.80 Å². The van der Waals surface area contributed by atoms with Gasteiger partial charge in [-0.15, -0.1) is 0 Å². The summed E-state index contributed by atoms with van der Waals surface area (Å²) < 4.78 is 0. The van der Waals surface area contributed by atoms with E-state index in [2.05, 4.69) is 203 Å². The number of hydrogen-bond donors (Lipinski definition) is 0. The van der Waals surface area contributed by atoms with Crippen molar-refractivity contribution in [2.75, 3.05) is 9.80 Å². The minimum absolute atomic E-state index is 0.520. The molecular weight excluding hydrogens is 731 g/mol. The van der Waals surface area contributed by atoms with Crippen molar-refractivity contribution in [2.24, 2.45) is 0 Å². The maximum absolute atomic E-state index is 5.43. The predicted molar refractivity (Wildman–Crippen MR) is 251 cm³/mol. The molecule has 0 aliphatic heterocycles. The molecule has 0 bridgehead atoms. The van der Waals surface area contributed by atoms with Crippen LogP contribution in [0.4, 0.5) is 34.4 Å². The van der Waals surface area contributed by atoms with Gasteiger partial charge in [0.1, 0.15) is 0 Å². The first-order valence-corrected chi connectivity index (χ1v) is 20.5. The quantitative estimate of drug-likeness (QED) is 0.146. The summed E-state index contributed by atoms with van der Waals surface area (Å²) in [6, 6.07) is 61.9. The van der Waals surface area contributed by atoms with Crippen LogP contribution in [-0.2, 0) is 0 Å². The van der Waals surface area contributed by atoms with Crippen LogP contribution in [0.5, 0.6) is 0 Å². The average Bonchev–Trinajstić information content (AvgIpc) is 3.26. The zero-order chi connectivity index (χ0) is 41.3. The zero-order valence-corrected chi connectivity index (χ0v) is 35.0. The molecule has 0 fully saturated rings. The lowest BCUT2D eigenvalue weighted by Gasteiger charge is -2.33. The molecular formula is C55H47N5. The number of aromatic nitrogens is 3. The Morgan fingerprint density at radius 1 is 0.367 bits per heavy atom. The lowest BCUT2D eigenvalue weighted by Crippen LogP contribution is -2.18. The number of benzene rings is 8. The first kappa shape index (κ1) is 38.2. The first-order valence-electron chi connectivity index (χ1n) is 20.5. The Labute approximate surface area is 353 Å². The van der Waals surface area contributed by atoms with E-state index in [1.165, 1.54) is 44.8 Å². The highest BCUT2D eigenvalue weighted by Crippen LogP contribution is 2.45. The normalized spacial score (nSPS) is 11.2. The fourth-order valence-electron chi connectivity index (χ4n) is 8.82. The molecule has 5 nitrogen and oxygen atoms in total. The van der Waals surface area contributed by atoms with Crippen molar-refractivity contribution in [1.29, 1.82) is 0 Å². The molecule has 9 rings (SSSR count). The van der Waals surface area contributed by atoms with E-state index in [0.29, 0.717) is 17.6 Å². The molecule has 0 radical (unpaired) electrons. The van der Waals surface area contributed by atoms with E-state index in [-0.39, 0.29) is 0 Å². The van der Waals surface area contributed by atoms with E-state index in [0.717, 1.165) is 50.1 Å². The van der Waals surface area contributed by atoms with Crippen LogP contribution in [0.2, 0.25) is 0 Å². The highest BCUT2D eigenvalue weighted by atomic mass is 15.3. The Kier molecular flexibility index (Phi) is 10.2. The third-order valence-corrected chi connectivity index (χ3v) is 11.2. The van der Waals surface area contributed by atoms with E-state index in [1.807, 2.05) is 24.3 Å². The Morgan fingerprint density at radius 3 is 1.45 bits per heavy atom. The molecule has 5 heteroatoms. The van der Waals surface area contributed by atoms with Gasteiger partial charge in [-0.25, -0.2) is 4.98 Å². The molecule has 8 aromatic carbocycles. The van der Waals surface area contributed by atoms with Gasteiger partial charge in [-0.3, -0.25) is 4.90 Å². The summed E-state index contributed by atoms with van der Waals surface area (Å²) in [6.45, 7) is 13.2. The van der Waals surface area contributed by atoms with Crippen molar-refractivity contribution in [3.05, 3.63) is 209 Å². The van der Waals surface area contributed by atoms with Gasteiger partial charge in [0.15, 0.2) is 11.6 Å². The number of para-hydroxylation sites is 1. The number of fused-ring (bicyclic) bond motifs is 1. The number of nitrogens with zero attached hydrogens (tertiary/aromatic N) is 5. The van der Waals surface area contributed by atoms with Crippen molar-refractivity contribution < 1.29 is 0 Å². The SMILES string of the molecule is Cc1cc(C)c(N(c2cccc(N(c3ccccc3)c3nc(-c4ccccc4)nc(-c4ccc5ccccc5c4-c4ccccc4)n3)c2)c2c(C)cc(C)cc2C)c(C)c1. The van der Waals surface area contributed by atoms with Crippen molar-refractivity contribution >= 4 is 45.2 Å². The van der Waals surface area contributed by atoms with Crippen LogP contribution in [0.1, 0.15) is 33.4 Å². The Bertz CT molecular complexity index is 2890. The van der Waals surface area contributed by atoms with Crippen LogP contribution in [0.15, 0.2) is 176 Å². The molecule has 0 aliphatic rings. The topological polar surface area (TPSA) is 45.2 Å². The fourth-order valence-corrected chi connectivity index (χ4v) is 8.82. The summed E-state index contributed by atoms with van der Waals surface area (Å²) in [6.07, 6.45) is 0. The number of hydrogen-bond acceptors (Lipinski definition) is 5. The maximum Gasteiger partial charge on any atom is 0.238 e. The number of aryl methyl sites for hydroxylation is 6. The Balaban J connectivity index is 1.30. The van der Waals surface area contributed by atoms with Crippen LogP contribution in [-0.4, -0.2) is 15.0 Å². The monoisotopic (exact) mass is 777 g/mol. The molecule has 0 unspecified atom stereocenters. The molecule has 0 spiro atoms. The second-order valence-corrected chi connectivity index (χ2v) is 15.7. The Hall–Kier alpha value is -7.37. The molecule has 0 atom stereocenters. The summed E-state index contributed by atoms with van der Waals surface area (Å²) in [5.74, 6) is 1.71. The summed E-state index contributed by atoms with van der Waals surface area (Å²) in [5, 5.41) is 2.29. The average molecular weight is 778 g/mol. The third kappa shape index (κ3) is 7.31. The van der Waals surface area contributed by atoms with Gasteiger partial charge in [0.05, 0.1) is 17.1 Å². The summed E-state index contributed by atoms with van der Waals surface area (Å²) in [4.78, 5) is 20.6. The van der Waals surface area contributed by atoms with Gasteiger partial charge >= 0.3 is 0 Å². The molecule has 1 heterocycles. The fraction of sp³-hybridized carbons (Fsp3) is 0.109. The lowest BCUT2D eigenvalue weighted by atomic mass is 9.93. The molecule has 9 aromatic rings. The van der Waals surface area contributed by atoms with Gasteiger partial charge in [-0.1, -0.05) is 151 Å². The van der Waals surface area contributed by atoms with Gasteiger partial charge in [-0.2, -0.15) is 9.97 Å². The van der Waals surface area contributed by atoms with Crippen molar-refractivity contribution in [2.45, 2.75) is 41.5 Å². The zero-order valence-electron chi connectivity index (χ0n) is 35.0. The van der Waals surface area contributed by atoms with Gasteiger partial charge in [0.25, 0.3) is 0 Å². The van der Waals surface area contributed by atoms with Crippen molar-refractivity contribution in [3.63, 3.8) is 0 Å². The molecule has 0 saturated carbocycles. The molecule has 60 heavy (non-hydrogen) atoms. The van der Waals surface area contributed by atoms with E-state index in [1.54, 1.807) is 0 Å². The Morgan fingerprint density at radius 2 is 0.850 bits per heavy atom. The van der Waals surface area contributed by atoms with Gasteiger partial charge in [-0.05, 0) is 117 Å². The van der Waals surface area contributed by atoms with Crippen molar-refractivity contribution in [1.82, 2.24) is 15.0 Å². The highest BCUT2D eigenvalue weighted by Gasteiger charge is 2.25. The highest BCUT2D eigenvalue weighted by molar-refractivity contribution is 6.03. The molecule has 0 N–H and O–H groups in total. The molecule has 292 valence electrons. The maximum atomic E-state index is 5.43.